The highest BCUT2D eigenvalue weighted by Crippen LogP contribution is 2.17. The van der Waals surface area contributed by atoms with Gasteiger partial charge in [0, 0.05) is 33.2 Å². The Labute approximate surface area is 125 Å². The number of hydrogen-bond acceptors (Lipinski definition) is 3. The van der Waals surface area contributed by atoms with Crippen LogP contribution in [-0.4, -0.2) is 43.5 Å². The van der Waals surface area contributed by atoms with Crippen molar-refractivity contribution in [2.75, 3.05) is 26.8 Å². The number of carbonyl (C=O) groups is 2. The van der Waals surface area contributed by atoms with Crippen molar-refractivity contribution in [3.05, 3.63) is 35.4 Å². The van der Waals surface area contributed by atoms with Crippen LogP contribution in [0.1, 0.15) is 17.5 Å². The number of aryl methyl sites for hydroxylation is 1. The van der Waals surface area contributed by atoms with Crippen molar-refractivity contribution in [1.29, 1.82) is 0 Å². The van der Waals surface area contributed by atoms with Crippen LogP contribution in [0.2, 0.25) is 0 Å². The fourth-order valence-electron chi connectivity index (χ4n) is 2.40. The van der Waals surface area contributed by atoms with Gasteiger partial charge in [0.05, 0.1) is 12.5 Å². The van der Waals surface area contributed by atoms with Crippen molar-refractivity contribution in [3.8, 4) is 0 Å². The molecule has 5 nitrogen and oxygen atoms in total. The summed E-state index contributed by atoms with van der Waals surface area (Å²) in [6.45, 7) is 4.07. The van der Waals surface area contributed by atoms with Gasteiger partial charge in [-0.25, -0.2) is 0 Å². The lowest BCUT2D eigenvalue weighted by atomic mass is 10.1. The van der Waals surface area contributed by atoms with E-state index in [1.165, 1.54) is 5.56 Å². The van der Waals surface area contributed by atoms with Crippen LogP contribution >= 0.6 is 0 Å². The first-order chi connectivity index (χ1) is 10.1. The summed E-state index contributed by atoms with van der Waals surface area (Å²) in [6.07, 6.45) is 0.295. The molecule has 0 saturated carbocycles. The van der Waals surface area contributed by atoms with Crippen LogP contribution in [0, 0.1) is 12.8 Å². The second-order valence-electron chi connectivity index (χ2n) is 5.44. The Balaban J connectivity index is 1.81. The summed E-state index contributed by atoms with van der Waals surface area (Å²) >= 11 is 0. The summed E-state index contributed by atoms with van der Waals surface area (Å²) in [4.78, 5) is 25.6. The smallest absolute Gasteiger partial charge is 0.225 e. The van der Waals surface area contributed by atoms with E-state index in [0.717, 1.165) is 5.56 Å². The SMILES string of the molecule is COCCN1C[C@H](C(=O)NCc2ccc(C)cc2)CC1=O. The number of likely N-dealkylation sites (tertiary alicyclic amines) is 1. The molecule has 1 fully saturated rings. The first-order valence-corrected chi connectivity index (χ1v) is 7.20. The molecule has 1 saturated heterocycles. The van der Waals surface area contributed by atoms with Crippen molar-refractivity contribution in [2.45, 2.75) is 19.9 Å². The predicted octanol–water partition coefficient (Wildman–Crippen LogP) is 1.11. The average Bonchev–Trinajstić information content (AvgIpc) is 2.85. The molecule has 0 aliphatic carbocycles. The first kappa shape index (κ1) is 15.5. The van der Waals surface area contributed by atoms with Gasteiger partial charge >= 0.3 is 0 Å². The fraction of sp³-hybridized carbons (Fsp3) is 0.500. The minimum absolute atomic E-state index is 0.0301. The van der Waals surface area contributed by atoms with Crippen molar-refractivity contribution in [2.24, 2.45) is 5.92 Å². The summed E-state index contributed by atoms with van der Waals surface area (Å²) in [6, 6.07) is 8.04. The molecule has 1 aromatic carbocycles. The maximum Gasteiger partial charge on any atom is 0.225 e. The van der Waals surface area contributed by atoms with Crippen LogP contribution in [0.5, 0.6) is 0 Å². The van der Waals surface area contributed by atoms with Crippen LogP contribution < -0.4 is 5.32 Å². The standard InChI is InChI=1S/C16H22N2O3/c1-12-3-5-13(6-4-12)10-17-16(20)14-9-15(19)18(11-14)7-8-21-2/h3-6,14H,7-11H2,1-2H3,(H,17,20)/t14-/m1/s1. The number of nitrogens with one attached hydrogen (secondary N) is 1. The Kier molecular flexibility index (Phi) is 5.33. The van der Waals surface area contributed by atoms with Gasteiger partial charge in [-0.15, -0.1) is 0 Å². The molecule has 1 aliphatic rings. The molecule has 1 heterocycles. The number of ether oxygens (including phenoxy) is 1. The number of benzene rings is 1. The second-order valence-corrected chi connectivity index (χ2v) is 5.44. The Morgan fingerprint density at radius 2 is 2.10 bits per heavy atom. The number of hydrogen-bond donors (Lipinski definition) is 1. The lowest BCUT2D eigenvalue weighted by molar-refractivity contribution is -0.129. The lowest BCUT2D eigenvalue weighted by Crippen LogP contribution is -2.33. The molecule has 0 spiro atoms. The molecule has 1 aromatic rings. The molecule has 0 aromatic heterocycles. The van der Waals surface area contributed by atoms with E-state index >= 15 is 0 Å². The van der Waals surface area contributed by atoms with E-state index in [1.807, 2.05) is 31.2 Å². The van der Waals surface area contributed by atoms with Crippen LogP contribution in [0.25, 0.3) is 0 Å². The van der Waals surface area contributed by atoms with Gasteiger partial charge in [0.25, 0.3) is 0 Å². The number of amides is 2. The largest absolute Gasteiger partial charge is 0.383 e. The lowest BCUT2D eigenvalue weighted by Gasteiger charge is -2.15. The monoisotopic (exact) mass is 290 g/mol. The zero-order valence-corrected chi connectivity index (χ0v) is 12.6. The molecule has 1 aliphatic heterocycles. The molecular formula is C16H22N2O3. The van der Waals surface area contributed by atoms with Gasteiger partial charge < -0.3 is 15.0 Å². The summed E-state index contributed by atoms with van der Waals surface area (Å²) in [7, 11) is 1.60. The van der Waals surface area contributed by atoms with E-state index in [9.17, 15) is 9.59 Å². The normalized spacial score (nSPS) is 18.1. The topological polar surface area (TPSA) is 58.6 Å². The Morgan fingerprint density at radius 1 is 1.38 bits per heavy atom. The van der Waals surface area contributed by atoms with Crippen LogP contribution in [0.15, 0.2) is 24.3 Å². The quantitative estimate of drug-likeness (QED) is 0.853. The molecule has 1 atom stereocenters. The number of rotatable bonds is 6. The second kappa shape index (κ2) is 7.22. The zero-order valence-electron chi connectivity index (χ0n) is 12.6. The Bertz CT molecular complexity index is 499. The third-order valence-electron chi connectivity index (χ3n) is 3.74. The Hall–Kier alpha value is -1.88. The highest BCUT2D eigenvalue weighted by atomic mass is 16.5. The van der Waals surface area contributed by atoms with Crippen molar-refractivity contribution >= 4 is 11.8 Å². The molecule has 0 unspecified atom stereocenters. The molecule has 0 bridgehead atoms. The number of nitrogens with zero attached hydrogens (tertiary/aromatic N) is 1. The zero-order chi connectivity index (χ0) is 15.2. The van der Waals surface area contributed by atoms with Gasteiger partial charge in [-0.05, 0) is 12.5 Å². The molecule has 2 amide bonds. The van der Waals surface area contributed by atoms with Crippen molar-refractivity contribution in [3.63, 3.8) is 0 Å². The van der Waals surface area contributed by atoms with Crippen molar-refractivity contribution < 1.29 is 14.3 Å². The summed E-state index contributed by atoms with van der Waals surface area (Å²) in [5, 5.41) is 2.91. The molecule has 114 valence electrons. The van der Waals surface area contributed by atoms with E-state index in [0.29, 0.717) is 32.7 Å². The minimum atomic E-state index is -0.250. The summed E-state index contributed by atoms with van der Waals surface area (Å²) in [5.41, 5.74) is 2.26. The van der Waals surface area contributed by atoms with Gasteiger partial charge in [-0.1, -0.05) is 29.8 Å². The predicted molar refractivity (Wildman–Crippen MR) is 79.6 cm³/mol. The van der Waals surface area contributed by atoms with E-state index in [4.69, 9.17) is 4.74 Å². The molecular weight excluding hydrogens is 268 g/mol. The number of methoxy groups -OCH3 is 1. The molecule has 0 radical (unpaired) electrons. The summed E-state index contributed by atoms with van der Waals surface area (Å²) < 4.78 is 4.97. The van der Waals surface area contributed by atoms with Crippen LogP contribution in [0.3, 0.4) is 0 Å². The van der Waals surface area contributed by atoms with Gasteiger partial charge in [-0.3, -0.25) is 9.59 Å². The fourth-order valence-corrected chi connectivity index (χ4v) is 2.40. The maximum atomic E-state index is 12.1. The van der Waals surface area contributed by atoms with Crippen LogP contribution in [-0.2, 0) is 20.9 Å². The van der Waals surface area contributed by atoms with Gasteiger partial charge in [-0.2, -0.15) is 0 Å². The van der Waals surface area contributed by atoms with E-state index in [2.05, 4.69) is 5.32 Å². The van der Waals surface area contributed by atoms with Gasteiger partial charge in [0.15, 0.2) is 0 Å². The van der Waals surface area contributed by atoms with Crippen LogP contribution in [0.4, 0.5) is 0 Å². The maximum absolute atomic E-state index is 12.1. The highest BCUT2D eigenvalue weighted by Gasteiger charge is 2.33. The highest BCUT2D eigenvalue weighted by molar-refractivity contribution is 5.89. The number of carbonyl (C=O) groups excluding carboxylic acids is 2. The molecule has 2 rings (SSSR count). The molecule has 21 heavy (non-hydrogen) atoms. The van der Waals surface area contributed by atoms with E-state index in [-0.39, 0.29) is 17.7 Å². The summed E-state index contributed by atoms with van der Waals surface area (Å²) in [5.74, 6) is -0.272. The van der Waals surface area contributed by atoms with Gasteiger partial charge in [0.2, 0.25) is 11.8 Å². The minimum Gasteiger partial charge on any atom is -0.383 e. The van der Waals surface area contributed by atoms with Gasteiger partial charge in [0.1, 0.15) is 0 Å². The third-order valence-corrected chi connectivity index (χ3v) is 3.74. The van der Waals surface area contributed by atoms with Crippen molar-refractivity contribution in [1.82, 2.24) is 10.2 Å². The van der Waals surface area contributed by atoms with E-state index < -0.39 is 0 Å². The molecule has 1 N–H and O–H groups in total. The average molecular weight is 290 g/mol. The molecule has 5 heteroatoms. The Morgan fingerprint density at radius 3 is 2.76 bits per heavy atom. The third kappa shape index (κ3) is 4.29. The first-order valence-electron chi connectivity index (χ1n) is 7.20. The van der Waals surface area contributed by atoms with E-state index in [1.54, 1.807) is 12.0 Å².